The van der Waals surface area contributed by atoms with Crippen molar-refractivity contribution in [3.8, 4) is 0 Å². The van der Waals surface area contributed by atoms with Crippen LogP contribution in [-0.4, -0.2) is 9.13 Å². The van der Waals surface area contributed by atoms with Gasteiger partial charge in [-0.05, 0) is 30.3 Å². The van der Waals surface area contributed by atoms with Crippen molar-refractivity contribution in [2.45, 2.75) is 9.79 Å². The summed E-state index contributed by atoms with van der Waals surface area (Å²) >= 11 is 0. The molecule has 1 aliphatic rings. The number of hydrogen-bond donors (Lipinski definition) is 0. The first kappa shape index (κ1) is 14.6. The lowest BCUT2D eigenvalue weighted by molar-refractivity contribution is -0.385. The van der Waals surface area contributed by atoms with Gasteiger partial charge in [0, 0.05) is 17.8 Å². The van der Waals surface area contributed by atoms with Crippen LogP contribution in [0.15, 0.2) is 82.6 Å². The van der Waals surface area contributed by atoms with Gasteiger partial charge in [-0.15, -0.1) is 0 Å². The Labute approximate surface area is 140 Å². The Hall–Kier alpha value is -2.99. The first-order valence-corrected chi connectivity index (χ1v) is 8.46. The van der Waals surface area contributed by atoms with Gasteiger partial charge in [-0.2, -0.15) is 0 Å². The number of nitro groups is 1. The minimum atomic E-state index is -1.46. The van der Waals surface area contributed by atoms with Crippen LogP contribution in [0.3, 0.4) is 0 Å². The molecule has 6 heteroatoms. The minimum absolute atomic E-state index is 0.0607. The molecule has 0 spiro atoms. The maximum Gasteiger partial charge on any atom is 0.270 e. The number of benzene rings is 3. The number of hydrogen-bond acceptors (Lipinski definition) is 4. The minimum Gasteiger partial charge on any atom is -0.308 e. The van der Waals surface area contributed by atoms with E-state index < -0.39 is 15.7 Å². The summed E-state index contributed by atoms with van der Waals surface area (Å²) in [5.74, 6) is 0. The number of anilines is 3. The van der Waals surface area contributed by atoms with Gasteiger partial charge >= 0.3 is 0 Å². The zero-order valence-electron chi connectivity index (χ0n) is 12.5. The van der Waals surface area contributed by atoms with Crippen LogP contribution in [0.4, 0.5) is 22.7 Å². The molecule has 0 N–H and O–H groups in total. The van der Waals surface area contributed by atoms with Crippen molar-refractivity contribution in [3.63, 3.8) is 0 Å². The van der Waals surface area contributed by atoms with E-state index in [9.17, 15) is 14.3 Å². The summed E-state index contributed by atoms with van der Waals surface area (Å²) in [5, 5.41) is 11.1. The van der Waals surface area contributed by atoms with E-state index in [0.717, 1.165) is 11.4 Å². The lowest BCUT2D eigenvalue weighted by atomic mass is 10.1. The van der Waals surface area contributed by atoms with Gasteiger partial charge in [-0.1, -0.05) is 30.3 Å². The molecular weight excluding hydrogens is 324 g/mol. The van der Waals surface area contributed by atoms with Gasteiger partial charge in [-0.25, -0.2) is 4.21 Å². The van der Waals surface area contributed by atoms with Crippen molar-refractivity contribution in [2.75, 3.05) is 4.90 Å². The summed E-state index contributed by atoms with van der Waals surface area (Å²) in [5.41, 5.74) is 2.37. The molecule has 0 aromatic heterocycles. The van der Waals surface area contributed by atoms with Gasteiger partial charge < -0.3 is 4.90 Å². The molecule has 0 fully saturated rings. The first-order chi connectivity index (χ1) is 11.7. The fraction of sp³-hybridized carbons (Fsp3) is 0. The maximum absolute atomic E-state index is 12.9. The molecule has 0 bridgehead atoms. The average Bonchev–Trinajstić information content (AvgIpc) is 2.62. The van der Waals surface area contributed by atoms with Crippen LogP contribution in [0.2, 0.25) is 0 Å². The SMILES string of the molecule is O=[N+]([O-])c1ccc2c(c1)S(=O)c1ccccc1N2c1ccccc1. The fourth-order valence-corrected chi connectivity index (χ4v) is 4.22. The predicted molar refractivity (Wildman–Crippen MR) is 92.5 cm³/mol. The van der Waals surface area contributed by atoms with Crippen LogP contribution < -0.4 is 4.90 Å². The highest BCUT2D eigenvalue weighted by Gasteiger charge is 2.30. The zero-order valence-corrected chi connectivity index (χ0v) is 13.3. The molecule has 1 heterocycles. The number of fused-ring (bicyclic) bond motifs is 2. The van der Waals surface area contributed by atoms with Crippen molar-refractivity contribution in [3.05, 3.63) is 82.9 Å². The molecule has 0 radical (unpaired) electrons. The topological polar surface area (TPSA) is 63.5 Å². The van der Waals surface area contributed by atoms with E-state index in [2.05, 4.69) is 0 Å². The lowest BCUT2D eigenvalue weighted by Crippen LogP contribution is -2.19. The average molecular weight is 336 g/mol. The van der Waals surface area contributed by atoms with E-state index in [1.807, 2.05) is 53.4 Å². The Morgan fingerprint density at radius 1 is 0.833 bits per heavy atom. The Kier molecular flexibility index (Phi) is 3.39. The summed E-state index contributed by atoms with van der Waals surface area (Å²) in [6.07, 6.45) is 0. The van der Waals surface area contributed by atoms with Crippen LogP contribution in [0.5, 0.6) is 0 Å². The van der Waals surface area contributed by atoms with Gasteiger partial charge in [0.15, 0.2) is 0 Å². The lowest BCUT2D eigenvalue weighted by Gasteiger charge is -2.32. The number of rotatable bonds is 2. The molecule has 24 heavy (non-hydrogen) atoms. The number of nitrogens with zero attached hydrogens (tertiary/aromatic N) is 2. The zero-order chi connectivity index (χ0) is 16.7. The highest BCUT2D eigenvalue weighted by atomic mass is 32.2. The molecule has 0 amide bonds. The van der Waals surface area contributed by atoms with Crippen molar-refractivity contribution in [2.24, 2.45) is 0 Å². The highest BCUT2D eigenvalue weighted by molar-refractivity contribution is 7.85. The maximum atomic E-state index is 12.9. The van der Waals surface area contributed by atoms with Crippen LogP contribution in [0.1, 0.15) is 0 Å². The smallest absolute Gasteiger partial charge is 0.270 e. The van der Waals surface area contributed by atoms with E-state index in [0.29, 0.717) is 15.5 Å². The second kappa shape index (κ2) is 5.58. The molecule has 1 atom stereocenters. The predicted octanol–water partition coefficient (Wildman–Crippen LogP) is 4.54. The van der Waals surface area contributed by atoms with E-state index in [1.54, 1.807) is 12.1 Å². The van der Waals surface area contributed by atoms with E-state index in [-0.39, 0.29) is 5.69 Å². The monoisotopic (exact) mass is 336 g/mol. The van der Waals surface area contributed by atoms with Crippen LogP contribution >= 0.6 is 0 Å². The summed E-state index contributed by atoms with van der Waals surface area (Å²) in [6.45, 7) is 0. The molecule has 3 aromatic carbocycles. The second-order valence-corrected chi connectivity index (χ2v) is 6.73. The third-order valence-corrected chi connectivity index (χ3v) is 5.39. The molecular formula is C18H12N2O3S. The van der Waals surface area contributed by atoms with Gasteiger partial charge in [0.05, 0.1) is 36.9 Å². The first-order valence-electron chi connectivity index (χ1n) is 7.31. The Bertz CT molecular complexity index is 973. The number of non-ortho nitro benzene ring substituents is 1. The summed E-state index contributed by atoms with van der Waals surface area (Å²) < 4.78 is 12.9. The Morgan fingerprint density at radius 3 is 2.25 bits per heavy atom. The molecule has 5 nitrogen and oxygen atoms in total. The molecule has 0 aliphatic carbocycles. The van der Waals surface area contributed by atoms with Crippen molar-refractivity contribution >= 4 is 33.5 Å². The van der Waals surface area contributed by atoms with Gasteiger partial charge in [0.1, 0.15) is 0 Å². The standard InChI is InChI=1S/C18H12N2O3S/c21-20(22)14-10-11-16-18(12-14)24(23)17-9-5-4-8-15(17)19(16)13-6-2-1-3-7-13/h1-12H. The fourth-order valence-electron chi connectivity index (χ4n) is 2.85. The molecule has 3 aromatic rings. The van der Waals surface area contributed by atoms with Crippen molar-refractivity contribution < 1.29 is 9.13 Å². The van der Waals surface area contributed by atoms with Gasteiger partial charge in [0.25, 0.3) is 5.69 Å². The summed E-state index contributed by atoms with van der Waals surface area (Å²) in [6, 6.07) is 21.6. The van der Waals surface area contributed by atoms with Crippen LogP contribution in [0, 0.1) is 10.1 Å². The van der Waals surface area contributed by atoms with E-state index in [4.69, 9.17) is 0 Å². The Morgan fingerprint density at radius 2 is 1.50 bits per heavy atom. The van der Waals surface area contributed by atoms with Crippen molar-refractivity contribution in [1.82, 2.24) is 0 Å². The number of para-hydroxylation sites is 2. The quantitative estimate of drug-likeness (QED) is 0.398. The summed E-state index contributed by atoms with van der Waals surface area (Å²) in [7, 11) is -1.46. The Balaban J connectivity index is 2.01. The second-order valence-electron chi connectivity index (χ2n) is 5.32. The molecule has 4 rings (SSSR count). The van der Waals surface area contributed by atoms with Crippen molar-refractivity contribution in [1.29, 1.82) is 0 Å². The third-order valence-electron chi connectivity index (χ3n) is 3.92. The van der Waals surface area contributed by atoms with Crippen LogP contribution in [-0.2, 0) is 10.8 Å². The molecule has 0 saturated carbocycles. The largest absolute Gasteiger partial charge is 0.308 e. The molecule has 1 aliphatic heterocycles. The normalized spacial score (nSPS) is 15.5. The van der Waals surface area contributed by atoms with E-state index >= 15 is 0 Å². The number of nitro benzene ring substituents is 1. The molecule has 1 unspecified atom stereocenters. The highest BCUT2D eigenvalue weighted by Crippen LogP contribution is 2.46. The summed E-state index contributed by atoms with van der Waals surface area (Å²) in [4.78, 5) is 13.7. The van der Waals surface area contributed by atoms with Crippen LogP contribution in [0.25, 0.3) is 0 Å². The van der Waals surface area contributed by atoms with E-state index in [1.165, 1.54) is 12.1 Å². The third kappa shape index (κ3) is 2.19. The van der Waals surface area contributed by atoms with Gasteiger partial charge in [0.2, 0.25) is 0 Å². The molecule has 118 valence electrons. The van der Waals surface area contributed by atoms with Gasteiger partial charge in [-0.3, -0.25) is 10.1 Å². The molecule has 0 saturated heterocycles.